The lowest BCUT2D eigenvalue weighted by molar-refractivity contribution is -0.114. The Labute approximate surface area is 225 Å². The fourth-order valence-corrected chi connectivity index (χ4v) is 6.37. The van der Waals surface area contributed by atoms with Gasteiger partial charge in [0.1, 0.15) is 17.5 Å². The molecule has 0 bridgehead atoms. The molecule has 1 aliphatic carbocycles. The van der Waals surface area contributed by atoms with Gasteiger partial charge in [0.25, 0.3) is 0 Å². The molecule has 2 heterocycles. The van der Waals surface area contributed by atoms with E-state index in [0.717, 1.165) is 5.69 Å². The first-order valence-electron chi connectivity index (χ1n) is 12.5. The summed E-state index contributed by atoms with van der Waals surface area (Å²) < 4.78 is 42.1. The predicted molar refractivity (Wildman–Crippen MR) is 148 cm³/mol. The molecule has 5 rings (SSSR count). The summed E-state index contributed by atoms with van der Waals surface area (Å²) in [5.41, 5.74) is 3.92. The van der Waals surface area contributed by atoms with E-state index in [4.69, 9.17) is 0 Å². The number of amides is 1. The minimum absolute atomic E-state index is 0.0678. The van der Waals surface area contributed by atoms with Crippen LogP contribution in [0.4, 0.5) is 21.6 Å². The van der Waals surface area contributed by atoms with Crippen LogP contribution in [0.15, 0.2) is 72.9 Å². The SMILES string of the molecule is CC(=O)Nc1cc(-c2c(Nc3ccccc3)c3c(n2CS(=O)(=O)Cc2ccc(F)cc2)CCCC3=O)ccn1. The second-order valence-electron chi connectivity index (χ2n) is 9.50. The average molecular weight is 547 g/mol. The first kappa shape index (κ1) is 26.3. The molecule has 0 saturated heterocycles. The maximum Gasteiger partial charge on any atom is 0.222 e. The number of sulfone groups is 1. The van der Waals surface area contributed by atoms with Crippen LogP contribution < -0.4 is 10.6 Å². The van der Waals surface area contributed by atoms with E-state index in [1.54, 1.807) is 16.7 Å². The van der Waals surface area contributed by atoms with Gasteiger partial charge in [-0.15, -0.1) is 0 Å². The van der Waals surface area contributed by atoms with Gasteiger partial charge in [-0.1, -0.05) is 30.3 Å². The smallest absolute Gasteiger partial charge is 0.222 e. The van der Waals surface area contributed by atoms with E-state index in [0.29, 0.717) is 58.8 Å². The van der Waals surface area contributed by atoms with Crippen molar-refractivity contribution in [2.75, 3.05) is 10.6 Å². The summed E-state index contributed by atoms with van der Waals surface area (Å²) in [6, 6.07) is 18.1. The highest BCUT2D eigenvalue weighted by atomic mass is 32.2. The number of Topliss-reactive ketones (excluding diaryl/α,β-unsaturated/α-hetero) is 1. The number of aromatic nitrogens is 2. The summed E-state index contributed by atoms with van der Waals surface area (Å²) in [6.45, 7) is 1.37. The summed E-state index contributed by atoms with van der Waals surface area (Å²) in [4.78, 5) is 29.2. The van der Waals surface area contributed by atoms with Crippen molar-refractivity contribution in [1.82, 2.24) is 9.55 Å². The first-order valence-corrected chi connectivity index (χ1v) is 14.3. The van der Waals surface area contributed by atoms with Crippen molar-refractivity contribution in [3.8, 4) is 11.3 Å². The Morgan fingerprint density at radius 2 is 1.79 bits per heavy atom. The number of ketones is 1. The van der Waals surface area contributed by atoms with Gasteiger partial charge < -0.3 is 15.2 Å². The zero-order valence-corrected chi connectivity index (χ0v) is 22.1. The molecule has 0 aliphatic heterocycles. The molecule has 10 heteroatoms. The lowest BCUT2D eigenvalue weighted by Gasteiger charge is -2.17. The summed E-state index contributed by atoms with van der Waals surface area (Å²) in [6.07, 6.45) is 3.01. The molecule has 1 amide bonds. The van der Waals surface area contributed by atoms with Crippen LogP contribution in [0.2, 0.25) is 0 Å². The van der Waals surface area contributed by atoms with Crippen LogP contribution in [0.5, 0.6) is 0 Å². The van der Waals surface area contributed by atoms with Gasteiger partial charge in [-0.05, 0) is 54.8 Å². The van der Waals surface area contributed by atoms with Crippen molar-refractivity contribution in [3.05, 3.63) is 95.6 Å². The molecule has 39 heavy (non-hydrogen) atoms. The van der Waals surface area contributed by atoms with Gasteiger partial charge in [0.15, 0.2) is 15.6 Å². The van der Waals surface area contributed by atoms with Gasteiger partial charge in [-0.3, -0.25) is 9.59 Å². The Morgan fingerprint density at radius 1 is 1.05 bits per heavy atom. The number of benzene rings is 2. The van der Waals surface area contributed by atoms with Gasteiger partial charge in [0.2, 0.25) is 5.91 Å². The normalized spacial score (nSPS) is 13.1. The lowest BCUT2D eigenvalue weighted by atomic mass is 9.95. The summed E-state index contributed by atoms with van der Waals surface area (Å²) in [5.74, 6) is -1.18. The molecular formula is C29H27FN4O4S. The van der Waals surface area contributed by atoms with Gasteiger partial charge in [-0.25, -0.2) is 17.8 Å². The Bertz CT molecular complexity index is 1650. The van der Waals surface area contributed by atoms with Crippen LogP contribution in [0, 0.1) is 5.82 Å². The van der Waals surface area contributed by atoms with E-state index in [9.17, 15) is 22.4 Å². The maximum absolute atomic E-state index is 13.5. The molecule has 1 aliphatic rings. The van der Waals surface area contributed by atoms with E-state index in [2.05, 4.69) is 15.6 Å². The Balaban J connectivity index is 1.68. The quantitative estimate of drug-likeness (QED) is 0.303. The van der Waals surface area contributed by atoms with Crippen molar-refractivity contribution in [2.45, 2.75) is 37.8 Å². The molecule has 0 fully saturated rings. The number of halogens is 1. The van der Waals surface area contributed by atoms with E-state index >= 15 is 0 Å². The molecule has 200 valence electrons. The second-order valence-corrected chi connectivity index (χ2v) is 11.5. The molecule has 8 nitrogen and oxygen atoms in total. The highest BCUT2D eigenvalue weighted by Gasteiger charge is 2.32. The Hall–Kier alpha value is -4.31. The van der Waals surface area contributed by atoms with Crippen LogP contribution in [0.25, 0.3) is 11.3 Å². The third-order valence-corrected chi connectivity index (χ3v) is 7.90. The minimum Gasteiger partial charge on any atom is -0.353 e. The van der Waals surface area contributed by atoms with E-state index in [1.807, 2.05) is 30.3 Å². The minimum atomic E-state index is -3.75. The molecule has 0 saturated carbocycles. The number of nitrogens with zero attached hydrogens (tertiary/aromatic N) is 2. The topological polar surface area (TPSA) is 110 Å². The van der Waals surface area contributed by atoms with E-state index < -0.39 is 15.7 Å². The van der Waals surface area contributed by atoms with Crippen molar-refractivity contribution >= 4 is 38.7 Å². The summed E-state index contributed by atoms with van der Waals surface area (Å²) in [5, 5.41) is 6.03. The Morgan fingerprint density at radius 3 is 2.51 bits per heavy atom. The number of hydrogen-bond acceptors (Lipinski definition) is 6. The van der Waals surface area contributed by atoms with Crippen LogP contribution in [0.3, 0.4) is 0 Å². The fraction of sp³-hybridized carbons (Fsp3) is 0.207. The maximum atomic E-state index is 13.5. The third kappa shape index (κ3) is 5.91. The molecule has 0 unspecified atom stereocenters. The molecule has 2 aromatic heterocycles. The monoisotopic (exact) mass is 546 g/mol. The molecule has 0 spiro atoms. The molecule has 0 radical (unpaired) electrons. The van der Waals surface area contributed by atoms with Crippen molar-refractivity contribution in [2.24, 2.45) is 0 Å². The van der Waals surface area contributed by atoms with Gasteiger partial charge >= 0.3 is 0 Å². The number of anilines is 3. The van der Waals surface area contributed by atoms with Crippen molar-refractivity contribution < 1.29 is 22.4 Å². The number of hydrogen-bond donors (Lipinski definition) is 2. The zero-order valence-electron chi connectivity index (χ0n) is 21.3. The number of pyridine rings is 1. The predicted octanol–water partition coefficient (Wildman–Crippen LogP) is 5.48. The fourth-order valence-electron chi connectivity index (χ4n) is 4.90. The highest BCUT2D eigenvalue weighted by molar-refractivity contribution is 7.89. The average Bonchev–Trinajstić information content (AvgIpc) is 3.19. The number of carbonyl (C=O) groups is 2. The molecule has 4 aromatic rings. The number of para-hydroxylation sites is 1. The number of fused-ring (bicyclic) bond motifs is 1. The van der Waals surface area contributed by atoms with Crippen LogP contribution in [-0.4, -0.2) is 29.7 Å². The van der Waals surface area contributed by atoms with Gasteiger partial charge in [0, 0.05) is 36.5 Å². The van der Waals surface area contributed by atoms with Gasteiger partial charge in [0.05, 0.1) is 22.7 Å². The zero-order chi connectivity index (χ0) is 27.6. The standard InChI is InChI=1S/C29H27FN4O4S/c1-19(35)32-26-16-21(14-15-31-26)29-28(33-23-6-3-2-4-7-23)27-24(8-5-9-25(27)36)34(29)18-39(37,38)17-20-10-12-22(30)13-11-20/h2-4,6-7,10-16,33H,5,8-9,17-18H2,1H3,(H,31,32,35). The summed E-state index contributed by atoms with van der Waals surface area (Å²) >= 11 is 0. The second kappa shape index (κ2) is 10.8. The van der Waals surface area contributed by atoms with Crippen LogP contribution in [0.1, 0.15) is 41.4 Å². The Kier molecular flexibility index (Phi) is 7.30. The van der Waals surface area contributed by atoms with Crippen molar-refractivity contribution in [3.63, 3.8) is 0 Å². The summed E-state index contributed by atoms with van der Waals surface area (Å²) in [7, 11) is -3.75. The molecule has 2 aromatic carbocycles. The third-order valence-electron chi connectivity index (χ3n) is 6.47. The molecule has 2 N–H and O–H groups in total. The van der Waals surface area contributed by atoms with Crippen LogP contribution in [-0.2, 0) is 32.7 Å². The van der Waals surface area contributed by atoms with Crippen molar-refractivity contribution in [1.29, 1.82) is 0 Å². The molecular weight excluding hydrogens is 519 g/mol. The largest absolute Gasteiger partial charge is 0.353 e. The van der Waals surface area contributed by atoms with Crippen LogP contribution >= 0.6 is 0 Å². The number of rotatable bonds is 8. The number of carbonyl (C=O) groups excluding carboxylic acids is 2. The van der Waals surface area contributed by atoms with Gasteiger partial charge in [-0.2, -0.15) is 0 Å². The first-order chi connectivity index (χ1) is 18.7. The molecule has 0 atom stereocenters. The van der Waals surface area contributed by atoms with E-state index in [-0.39, 0.29) is 23.3 Å². The number of nitrogens with one attached hydrogen (secondary N) is 2. The highest BCUT2D eigenvalue weighted by Crippen LogP contribution is 2.42. The van der Waals surface area contributed by atoms with E-state index in [1.165, 1.54) is 37.4 Å². The lowest BCUT2D eigenvalue weighted by Crippen LogP contribution is -2.19.